The topological polar surface area (TPSA) is 247 Å². The van der Waals surface area contributed by atoms with E-state index in [1.807, 2.05) is 19.9 Å². The van der Waals surface area contributed by atoms with Gasteiger partial charge in [0.2, 0.25) is 64.4 Å². The van der Waals surface area contributed by atoms with Gasteiger partial charge in [-0.3, -0.25) is 28.8 Å². The van der Waals surface area contributed by atoms with Gasteiger partial charge in [0.05, 0.1) is 116 Å². The number of carboxylic acid groups (broad SMARTS) is 1. The van der Waals surface area contributed by atoms with Crippen molar-refractivity contribution in [3.05, 3.63) is 65.0 Å². The molecule has 0 saturated carbocycles. The summed E-state index contributed by atoms with van der Waals surface area (Å²) < 4.78 is 110. The maximum Gasteiger partial charge on any atom is 0.326 e. The molecule has 84 heavy (non-hydrogen) atoms. The molecule has 2 aromatic carbocycles. The van der Waals surface area contributed by atoms with Crippen molar-refractivity contribution in [3.63, 3.8) is 0 Å². The zero-order valence-electron chi connectivity index (χ0n) is 50.1. The maximum absolute atomic E-state index is 14.6. The molecule has 0 unspecified atom stereocenters. The van der Waals surface area contributed by atoms with Crippen LogP contribution in [-0.2, 0) is 73.1 Å². The van der Waals surface area contributed by atoms with Crippen molar-refractivity contribution in [1.29, 1.82) is 0 Å². The first-order valence-electron chi connectivity index (χ1n) is 28.1. The molecule has 1 heterocycles. The fourth-order valence-corrected chi connectivity index (χ4v) is 9.48. The van der Waals surface area contributed by atoms with Gasteiger partial charge in [0.25, 0.3) is 0 Å². The monoisotopic (exact) mass is 1200 g/mol. The number of likely N-dealkylation sites (N-methyl/N-ethyl adjacent to an activating group) is 2. The highest BCUT2D eigenvalue weighted by Crippen LogP contribution is 2.31. The van der Waals surface area contributed by atoms with Crippen LogP contribution in [0.25, 0.3) is 0 Å². The van der Waals surface area contributed by atoms with Crippen LogP contribution in [0.15, 0.2) is 30.3 Å². The molecule has 1 aliphatic heterocycles. The molecule has 21 nitrogen and oxygen atoms in total. The fraction of sp³-hybridized carbons (Fsp3) is 0.672. The number of nitrogens with one attached hydrogen (secondary N) is 2. The molecule has 1 saturated heterocycles. The van der Waals surface area contributed by atoms with E-state index in [1.165, 1.54) is 31.1 Å². The molecule has 0 aliphatic carbocycles. The number of rotatable bonds is 39. The molecule has 0 radical (unpaired) electrons. The van der Waals surface area contributed by atoms with E-state index in [2.05, 4.69) is 15.4 Å². The maximum atomic E-state index is 14.6. The van der Waals surface area contributed by atoms with Crippen LogP contribution in [0.3, 0.4) is 0 Å². The number of ether oxygens (including phenoxy) is 8. The SMILES string of the molecule is CC[C@H](C)[C@@H]([C@@H](CC(=O)N1CCC[C@H]1[C@H](OC)[C@@H](C)C(=O)N[C@@H](Cc1ccccc1)C(=O)O)OC)N(C)C(=O)[C@@H](NC(=O)C(C)(C)N(C)C(=O)CCOCCOCCOCCOCCOCCC(=O)Oc1c(F)c(F)c(F)c(F)c1F)C(C)C. The summed E-state index contributed by atoms with van der Waals surface area (Å²) in [5.74, 6) is -19.1. The summed E-state index contributed by atoms with van der Waals surface area (Å²) in [7, 11) is 6.04. The van der Waals surface area contributed by atoms with E-state index in [4.69, 9.17) is 33.2 Å². The van der Waals surface area contributed by atoms with Gasteiger partial charge in [0, 0.05) is 41.3 Å². The second-order valence-corrected chi connectivity index (χ2v) is 21.3. The summed E-state index contributed by atoms with van der Waals surface area (Å²) in [5, 5.41) is 15.5. The van der Waals surface area contributed by atoms with Gasteiger partial charge >= 0.3 is 11.9 Å². The second kappa shape index (κ2) is 36.2. The predicted molar refractivity (Wildman–Crippen MR) is 295 cm³/mol. The number of hydrogen-bond acceptors (Lipinski definition) is 15. The number of likely N-dealkylation sites (tertiary alicyclic amines) is 1. The van der Waals surface area contributed by atoms with Crippen molar-refractivity contribution < 1.29 is 98.5 Å². The van der Waals surface area contributed by atoms with Crippen LogP contribution in [0.5, 0.6) is 5.75 Å². The quantitative estimate of drug-likeness (QED) is 0.0193. The highest BCUT2D eigenvalue weighted by molar-refractivity contribution is 5.94. The molecule has 474 valence electrons. The van der Waals surface area contributed by atoms with E-state index >= 15 is 0 Å². The summed E-state index contributed by atoms with van der Waals surface area (Å²) in [5.41, 5.74) is -0.657. The van der Waals surface area contributed by atoms with Gasteiger partial charge in [-0.25, -0.2) is 18.0 Å². The van der Waals surface area contributed by atoms with Gasteiger partial charge < -0.3 is 68.3 Å². The van der Waals surface area contributed by atoms with E-state index in [9.17, 15) is 60.6 Å². The number of esters is 1. The third-order valence-electron chi connectivity index (χ3n) is 14.9. The third-order valence-corrected chi connectivity index (χ3v) is 14.9. The minimum absolute atomic E-state index is 0.0160. The molecular weight excluding hydrogens is 1120 g/mol. The summed E-state index contributed by atoms with van der Waals surface area (Å²) in [6, 6.07) is 5.62. The number of nitrogens with zero attached hydrogens (tertiary/aromatic N) is 3. The molecule has 26 heteroatoms. The van der Waals surface area contributed by atoms with Gasteiger partial charge in [-0.2, -0.15) is 8.78 Å². The normalized spacial score (nSPS) is 16.1. The molecule has 5 amide bonds. The molecule has 1 aliphatic rings. The van der Waals surface area contributed by atoms with Crippen molar-refractivity contribution >= 4 is 41.5 Å². The Balaban J connectivity index is 1.42. The number of amides is 5. The zero-order chi connectivity index (χ0) is 62.8. The number of aliphatic carboxylic acids is 1. The Bertz CT molecular complexity index is 2420. The van der Waals surface area contributed by atoms with E-state index in [1.54, 1.807) is 70.8 Å². The Kier molecular flexibility index (Phi) is 31.2. The molecule has 3 N–H and O–H groups in total. The van der Waals surface area contributed by atoms with Gasteiger partial charge in [-0.15, -0.1) is 0 Å². The van der Waals surface area contributed by atoms with Crippen LogP contribution < -0.4 is 15.4 Å². The molecule has 2 aromatic rings. The number of methoxy groups -OCH3 is 2. The van der Waals surface area contributed by atoms with Gasteiger partial charge in [0.1, 0.15) is 17.6 Å². The lowest BCUT2D eigenvalue weighted by Crippen LogP contribution is -2.62. The fourth-order valence-electron chi connectivity index (χ4n) is 9.48. The van der Waals surface area contributed by atoms with Crippen LogP contribution in [0.1, 0.15) is 92.6 Å². The van der Waals surface area contributed by atoms with Crippen LogP contribution in [0.4, 0.5) is 22.0 Å². The predicted octanol–water partition coefficient (Wildman–Crippen LogP) is 5.26. The van der Waals surface area contributed by atoms with Gasteiger partial charge in [0.15, 0.2) is 0 Å². The number of carbonyl (C=O) groups is 7. The summed E-state index contributed by atoms with van der Waals surface area (Å²) >= 11 is 0. The number of carbonyl (C=O) groups excluding carboxylic acids is 6. The standard InChI is InChI=1S/C58H86F5N5O16/c1-12-36(4)51(41(77-10)34-43(70)68-22-16-19-40(68)52(78-11)37(5)54(72)64-39(56(74)75)33-38-17-14-13-15-18-38)66(8)55(73)50(35(2)3)65-57(76)58(6,7)67(9)42(69)20-23-79-25-27-81-29-31-83-32-30-82-28-26-80-24-21-44(71)84-53-48(62)46(60)45(59)47(61)49(53)63/h13-15,17-18,35-37,39-41,50-52H,12,16,19-34H2,1-11H3,(H,64,72)(H,65,76)(H,74,75)/t36-,37+,39-,40-,41+,50-,51-,52+/m0/s1. The first-order chi connectivity index (χ1) is 39.8. The lowest BCUT2D eigenvalue weighted by atomic mass is 9.89. The molecular formula is C58H86F5N5O16. The summed E-state index contributed by atoms with van der Waals surface area (Å²) in [4.78, 5) is 98.4. The second-order valence-electron chi connectivity index (χ2n) is 21.3. The van der Waals surface area contributed by atoms with E-state index in [-0.39, 0.29) is 103 Å². The summed E-state index contributed by atoms with van der Waals surface area (Å²) in [6.45, 7) is 13.8. The Morgan fingerprint density at radius 3 is 1.73 bits per heavy atom. The zero-order valence-corrected chi connectivity index (χ0v) is 50.1. The van der Waals surface area contributed by atoms with Crippen LogP contribution >= 0.6 is 0 Å². The smallest absolute Gasteiger partial charge is 0.326 e. The first-order valence-corrected chi connectivity index (χ1v) is 28.1. The van der Waals surface area contributed by atoms with Crippen LogP contribution in [0, 0.1) is 46.8 Å². The highest BCUT2D eigenvalue weighted by atomic mass is 19.2. The van der Waals surface area contributed by atoms with Crippen molar-refractivity contribution in [2.75, 3.05) is 101 Å². The van der Waals surface area contributed by atoms with Crippen molar-refractivity contribution in [2.45, 2.75) is 135 Å². The molecule has 0 spiro atoms. The van der Waals surface area contributed by atoms with Crippen molar-refractivity contribution in [2.24, 2.45) is 17.8 Å². The van der Waals surface area contributed by atoms with Crippen molar-refractivity contribution in [3.8, 4) is 5.75 Å². The Morgan fingerprint density at radius 1 is 0.726 bits per heavy atom. The van der Waals surface area contributed by atoms with Crippen LogP contribution in [0.2, 0.25) is 0 Å². The minimum atomic E-state index is -2.38. The largest absolute Gasteiger partial charge is 0.480 e. The van der Waals surface area contributed by atoms with Gasteiger partial charge in [-0.05, 0) is 44.1 Å². The number of halogens is 5. The Hall–Kier alpha value is -5.90. The average molecular weight is 1200 g/mol. The first kappa shape index (κ1) is 72.4. The molecule has 1 fully saturated rings. The van der Waals surface area contributed by atoms with E-state index in [0.717, 1.165) is 5.56 Å². The summed E-state index contributed by atoms with van der Waals surface area (Å²) in [6.07, 6.45) is -0.376. The lowest BCUT2D eigenvalue weighted by Gasteiger charge is -2.41. The average Bonchev–Trinajstić information content (AvgIpc) is 4.01. The third kappa shape index (κ3) is 21.3. The number of benzene rings is 2. The number of hydrogen-bond donors (Lipinski definition) is 3. The molecule has 8 atom stereocenters. The molecule has 0 bridgehead atoms. The highest BCUT2D eigenvalue weighted by Gasteiger charge is 2.44. The van der Waals surface area contributed by atoms with Crippen LogP contribution in [-0.4, -0.2) is 204 Å². The Morgan fingerprint density at radius 2 is 1.24 bits per heavy atom. The van der Waals surface area contributed by atoms with E-state index < -0.39 is 125 Å². The van der Waals surface area contributed by atoms with E-state index in [0.29, 0.717) is 25.8 Å². The molecule has 3 rings (SSSR count). The lowest BCUT2D eigenvalue weighted by molar-refractivity contribution is -0.150. The van der Waals surface area contributed by atoms with Gasteiger partial charge in [-0.1, -0.05) is 71.4 Å². The Labute approximate surface area is 488 Å². The molecule has 0 aromatic heterocycles. The number of carboxylic acids is 1. The minimum Gasteiger partial charge on any atom is -0.480 e. The van der Waals surface area contributed by atoms with Crippen molar-refractivity contribution in [1.82, 2.24) is 25.3 Å².